The number of rotatable bonds is 2. The summed E-state index contributed by atoms with van der Waals surface area (Å²) in [4.78, 5) is 11.8. The Balaban J connectivity index is 2.20. The molecule has 0 unspecified atom stereocenters. The predicted octanol–water partition coefficient (Wildman–Crippen LogP) is 2.98. The molecule has 20 heavy (non-hydrogen) atoms. The first-order chi connectivity index (χ1) is 9.54. The third-order valence-electron chi connectivity index (χ3n) is 3.46. The van der Waals surface area contributed by atoms with Crippen LogP contribution >= 0.6 is 0 Å². The maximum absolute atomic E-state index is 11.8. The van der Waals surface area contributed by atoms with Gasteiger partial charge in [-0.3, -0.25) is 0 Å². The van der Waals surface area contributed by atoms with E-state index >= 15 is 0 Å². The number of benzene rings is 2. The van der Waals surface area contributed by atoms with Crippen LogP contribution < -0.4 is 0 Å². The van der Waals surface area contributed by atoms with E-state index in [1.807, 2.05) is 36.4 Å². The third kappa shape index (κ3) is 1.67. The second-order valence-electron chi connectivity index (χ2n) is 4.91. The number of hydrogen-bond donors (Lipinski definition) is 1. The van der Waals surface area contributed by atoms with Gasteiger partial charge in [-0.25, -0.2) is 4.79 Å². The van der Waals surface area contributed by atoms with E-state index in [9.17, 15) is 9.90 Å². The zero-order chi connectivity index (χ0) is 14.3. The van der Waals surface area contributed by atoms with Crippen LogP contribution in [0, 0.1) is 0 Å². The molecule has 1 aliphatic carbocycles. The molecule has 1 aliphatic rings. The SMILES string of the molecule is C=C(C)C(=O)OC1(O)c2ccccc2-c2ccccc21. The second-order valence-corrected chi connectivity index (χ2v) is 4.91. The van der Waals surface area contributed by atoms with Crippen LogP contribution in [-0.4, -0.2) is 11.1 Å². The smallest absolute Gasteiger partial charge is 0.336 e. The molecule has 3 nitrogen and oxygen atoms in total. The van der Waals surface area contributed by atoms with Crippen molar-refractivity contribution in [1.82, 2.24) is 0 Å². The van der Waals surface area contributed by atoms with Crippen LogP contribution in [0.4, 0.5) is 0 Å². The fourth-order valence-electron chi connectivity index (χ4n) is 2.50. The quantitative estimate of drug-likeness (QED) is 0.516. The fraction of sp³-hybridized carbons (Fsp3) is 0.118. The Morgan fingerprint density at radius 2 is 1.50 bits per heavy atom. The Bertz CT molecular complexity index is 670. The molecular weight excluding hydrogens is 252 g/mol. The maximum Gasteiger partial charge on any atom is 0.336 e. The number of ether oxygens (including phenoxy) is 1. The highest BCUT2D eigenvalue weighted by Crippen LogP contribution is 2.48. The van der Waals surface area contributed by atoms with Crippen LogP contribution in [0.1, 0.15) is 18.1 Å². The summed E-state index contributed by atoms with van der Waals surface area (Å²) in [6.45, 7) is 5.11. The van der Waals surface area contributed by atoms with Crippen molar-refractivity contribution in [2.45, 2.75) is 12.7 Å². The zero-order valence-corrected chi connectivity index (χ0v) is 11.1. The fourth-order valence-corrected chi connectivity index (χ4v) is 2.50. The van der Waals surface area contributed by atoms with Crippen molar-refractivity contribution in [1.29, 1.82) is 0 Å². The Hall–Kier alpha value is -2.39. The van der Waals surface area contributed by atoms with Crippen LogP contribution in [0.25, 0.3) is 11.1 Å². The van der Waals surface area contributed by atoms with Crippen LogP contribution in [-0.2, 0) is 15.3 Å². The Morgan fingerprint density at radius 1 is 1.05 bits per heavy atom. The van der Waals surface area contributed by atoms with E-state index in [1.165, 1.54) is 0 Å². The van der Waals surface area contributed by atoms with Gasteiger partial charge in [0.15, 0.2) is 0 Å². The number of esters is 1. The van der Waals surface area contributed by atoms with Gasteiger partial charge in [-0.1, -0.05) is 55.1 Å². The van der Waals surface area contributed by atoms with Gasteiger partial charge in [0.2, 0.25) is 0 Å². The van der Waals surface area contributed by atoms with Crippen molar-refractivity contribution in [2.75, 3.05) is 0 Å². The highest BCUT2D eigenvalue weighted by molar-refractivity contribution is 5.89. The van der Waals surface area contributed by atoms with Crippen molar-refractivity contribution in [2.24, 2.45) is 0 Å². The average molecular weight is 266 g/mol. The molecule has 0 heterocycles. The van der Waals surface area contributed by atoms with Crippen molar-refractivity contribution < 1.29 is 14.6 Å². The molecule has 3 rings (SSSR count). The second kappa shape index (κ2) is 4.32. The van der Waals surface area contributed by atoms with Crippen LogP contribution in [0.15, 0.2) is 60.7 Å². The summed E-state index contributed by atoms with van der Waals surface area (Å²) in [5.41, 5.74) is 3.16. The van der Waals surface area contributed by atoms with Crippen molar-refractivity contribution >= 4 is 5.97 Å². The molecule has 0 aliphatic heterocycles. The van der Waals surface area contributed by atoms with Crippen LogP contribution in [0.5, 0.6) is 0 Å². The summed E-state index contributed by atoms with van der Waals surface area (Å²) < 4.78 is 5.33. The van der Waals surface area contributed by atoms with Gasteiger partial charge in [0.25, 0.3) is 5.79 Å². The molecule has 2 aromatic rings. The lowest BCUT2D eigenvalue weighted by Gasteiger charge is -2.25. The van der Waals surface area contributed by atoms with Gasteiger partial charge in [0.05, 0.1) is 0 Å². The molecule has 0 atom stereocenters. The predicted molar refractivity (Wildman–Crippen MR) is 75.8 cm³/mol. The first kappa shape index (κ1) is 12.6. The maximum atomic E-state index is 11.8. The van der Waals surface area contributed by atoms with Gasteiger partial charge < -0.3 is 9.84 Å². The molecule has 100 valence electrons. The third-order valence-corrected chi connectivity index (χ3v) is 3.46. The van der Waals surface area contributed by atoms with Crippen molar-refractivity contribution in [3.63, 3.8) is 0 Å². The lowest BCUT2D eigenvalue weighted by atomic mass is 10.0. The first-order valence-corrected chi connectivity index (χ1v) is 6.34. The van der Waals surface area contributed by atoms with E-state index in [-0.39, 0.29) is 5.57 Å². The molecule has 0 amide bonds. The minimum Gasteiger partial charge on any atom is -0.421 e. The lowest BCUT2D eigenvalue weighted by Crippen LogP contribution is -2.31. The molecule has 0 radical (unpaired) electrons. The van der Waals surface area contributed by atoms with Gasteiger partial charge >= 0.3 is 5.97 Å². The summed E-state index contributed by atoms with van der Waals surface area (Å²) in [5, 5.41) is 10.9. The molecule has 0 saturated carbocycles. The number of fused-ring (bicyclic) bond motifs is 3. The largest absolute Gasteiger partial charge is 0.421 e. The molecule has 3 heteroatoms. The molecule has 2 aromatic carbocycles. The molecule has 0 saturated heterocycles. The monoisotopic (exact) mass is 266 g/mol. The minimum absolute atomic E-state index is 0.250. The molecule has 1 N–H and O–H groups in total. The summed E-state index contributed by atoms with van der Waals surface area (Å²) in [6, 6.07) is 14.7. The zero-order valence-electron chi connectivity index (χ0n) is 11.1. The van der Waals surface area contributed by atoms with E-state index in [1.54, 1.807) is 19.1 Å². The van der Waals surface area contributed by atoms with Gasteiger partial charge in [-0.15, -0.1) is 0 Å². The molecule has 0 spiro atoms. The summed E-state index contributed by atoms with van der Waals surface area (Å²) in [6.07, 6.45) is 0. The average Bonchev–Trinajstić information content (AvgIpc) is 2.70. The van der Waals surface area contributed by atoms with E-state index in [4.69, 9.17) is 4.74 Å². The van der Waals surface area contributed by atoms with Gasteiger partial charge in [0.1, 0.15) is 0 Å². The van der Waals surface area contributed by atoms with Gasteiger partial charge in [-0.05, 0) is 18.1 Å². The van der Waals surface area contributed by atoms with E-state index in [2.05, 4.69) is 6.58 Å². The topological polar surface area (TPSA) is 46.5 Å². The summed E-state index contributed by atoms with van der Waals surface area (Å²) in [5.74, 6) is -2.36. The van der Waals surface area contributed by atoms with Crippen LogP contribution in [0.2, 0.25) is 0 Å². The molecule has 0 fully saturated rings. The lowest BCUT2D eigenvalue weighted by molar-refractivity contribution is -0.191. The number of carbonyl (C=O) groups excluding carboxylic acids is 1. The van der Waals surface area contributed by atoms with E-state index in [0.29, 0.717) is 11.1 Å². The Labute approximate surface area is 117 Å². The Kier molecular flexibility index (Phi) is 2.73. The number of aliphatic hydroxyl groups is 1. The Morgan fingerprint density at radius 3 is 1.95 bits per heavy atom. The molecule has 0 aromatic heterocycles. The van der Waals surface area contributed by atoms with Crippen molar-refractivity contribution in [3.05, 3.63) is 71.8 Å². The number of carbonyl (C=O) groups is 1. The van der Waals surface area contributed by atoms with Gasteiger partial charge in [0, 0.05) is 16.7 Å². The highest BCUT2D eigenvalue weighted by Gasteiger charge is 2.45. The van der Waals surface area contributed by atoms with Crippen LogP contribution in [0.3, 0.4) is 0 Å². The standard InChI is InChI=1S/C17H14O3/c1-11(2)16(18)20-17(19)14-9-5-3-7-12(14)13-8-4-6-10-15(13)17/h3-10,19H,1H2,2H3. The first-order valence-electron chi connectivity index (χ1n) is 6.34. The normalized spacial score (nSPS) is 14.3. The summed E-state index contributed by atoms with van der Waals surface area (Å²) in [7, 11) is 0. The van der Waals surface area contributed by atoms with Gasteiger partial charge in [-0.2, -0.15) is 0 Å². The highest BCUT2D eigenvalue weighted by atomic mass is 16.7. The van der Waals surface area contributed by atoms with E-state index < -0.39 is 11.8 Å². The summed E-state index contributed by atoms with van der Waals surface area (Å²) >= 11 is 0. The minimum atomic E-state index is -1.75. The van der Waals surface area contributed by atoms with Crippen molar-refractivity contribution in [3.8, 4) is 11.1 Å². The number of hydrogen-bond acceptors (Lipinski definition) is 3. The molecule has 0 bridgehead atoms. The molecular formula is C17H14O3. The van der Waals surface area contributed by atoms with E-state index in [0.717, 1.165) is 11.1 Å².